The van der Waals surface area contributed by atoms with Crippen LogP contribution in [0.2, 0.25) is 0 Å². The number of nitrogens with one attached hydrogen (secondary N) is 1. The molecule has 2 amide bonds. The molecule has 0 bridgehead atoms. The summed E-state index contributed by atoms with van der Waals surface area (Å²) in [6.45, 7) is 0.843. The number of urea groups is 1. The standard InChI is InChI=1S/C9H12N4O3S/c14-8(15)6-2-1-3-13(5-6)9(16)11-7-4-10-12-17-7/h4,6H,1-3,5H2,(H,11,16)(H,14,15). The molecular weight excluding hydrogens is 244 g/mol. The minimum atomic E-state index is -0.845. The molecule has 17 heavy (non-hydrogen) atoms. The molecule has 1 aliphatic rings. The fourth-order valence-electron chi connectivity index (χ4n) is 1.77. The molecule has 0 aliphatic carbocycles. The second-order valence-corrected chi connectivity index (χ2v) is 4.62. The lowest BCUT2D eigenvalue weighted by atomic mass is 9.99. The van der Waals surface area contributed by atoms with Crippen LogP contribution in [0.1, 0.15) is 12.8 Å². The van der Waals surface area contributed by atoms with Gasteiger partial charge in [0.2, 0.25) is 0 Å². The maximum absolute atomic E-state index is 11.8. The Bertz CT molecular complexity index is 408. The van der Waals surface area contributed by atoms with Crippen LogP contribution < -0.4 is 5.32 Å². The van der Waals surface area contributed by atoms with E-state index < -0.39 is 11.9 Å². The normalized spacial score (nSPS) is 20.0. The lowest BCUT2D eigenvalue weighted by Gasteiger charge is -2.30. The van der Waals surface area contributed by atoms with Crippen molar-refractivity contribution >= 4 is 28.5 Å². The Morgan fingerprint density at radius 3 is 3.06 bits per heavy atom. The number of carbonyl (C=O) groups excluding carboxylic acids is 1. The van der Waals surface area contributed by atoms with E-state index in [4.69, 9.17) is 5.11 Å². The van der Waals surface area contributed by atoms with Gasteiger partial charge in [-0.1, -0.05) is 4.49 Å². The number of aliphatic carboxylic acids is 1. The average Bonchev–Trinajstić information content (AvgIpc) is 2.82. The van der Waals surface area contributed by atoms with Gasteiger partial charge in [-0.05, 0) is 12.8 Å². The summed E-state index contributed by atoms with van der Waals surface area (Å²) in [5, 5.41) is 15.7. The molecule has 1 aliphatic heterocycles. The van der Waals surface area contributed by atoms with E-state index >= 15 is 0 Å². The molecule has 92 valence electrons. The van der Waals surface area contributed by atoms with Crippen LogP contribution in [0.25, 0.3) is 0 Å². The van der Waals surface area contributed by atoms with Gasteiger partial charge in [-0.25, -0.2) is 4.79 Å². The smallest absolute Gasteiger partial charge is 0.322 e. The first-order chi connectivity index (χ1) is 8.16. The van der Waals surface area contributed by atoms with Gasteiger partial charge in [-0.3, -0.25) is 10.1 Å². The van der Waals surface area contributed by atoms with Crippen LogP contribution >= 0.6 is 11.5 Å². The van der Waals surface area contributed by atoms with Crippen LogP contribution in [0.4, 0.5) is 9.80 Å². The van der Waals surface area contributed by atoms with Gasteiger partial charge >= 0.3 is 12.0 Å². The molecule has 7 nitrogen and oxygen atoms in total. The summed E-state index contributed by atoms with van der Waals surface area (Å²) in [4.78, 5) is 24.2. The molecule has 1 atom stereocenters. The van der Waals surface area contributed by atoms with E-state index in [9.17, 15) is 9.59 Å². The highest BCUT2D eigenvalue weighted by Crippen LogP contribution is 2.18. The number of piperidine rings is 1. The van der Waals surface area contributed by atoms with Gasteiger partial charge in [0.1, 0.15) is 5.00 Å². The van der Waals surface area contributed by atoms with Crippen molar-refractivity contribution in [2.45, 2.75) is 12.8 Å². The van der Waals surface area contributed by atoms with E-state index in [1.165, 1.54) is 11.1 Å². The van der Waals surface area contributed by atoms with Gasteiger partial charge < -0.3 is 10.0 Å². The number of hydrogen-bond acceptors (Lipinski definition) is 5. The molecule has 0 spiro atoms. The van der Waals surface area contributed by atoms with Gasteiger partial charge in [0.15, 0.2) is 0 Å². The Morgan fingerprint density at radius 2 is 2.41 bits per heavy atom. The maximum Gasteiger partial charge on any atom is 0.322 e. The van der Waals surface area contributed by atoms with Crippen molar-refractivity contribution in [3.8, 4) is 0 Å². The Morgan fingerprint density at radius 1 is 1.59 bits per heavy atom. The zero-order valence-electron chi connectivity index (χ0n) is 9.00. The average molecular weight is 256 g/mol. The fraction of sp³-hybridized carbons (Fsp3) is 0.556. The van der Waals surface area contributed by atoms with Gasteiger partial charge in [0, 0.05) is 24.6 Å². The van der Waals surface area contributed by atoms with Crippen molar-refractivity contribution in [3.63, 3.8) is 0 Å². The topological polar surface area (TPSA) is 95.4 Å². The van der Waals surface area contributed by atoms with E-state index in [0.717, 1.165) is 11.5 Å². The maximum atomic E-state index is 11.8. The molecule has 0 radical (unpaired) electrons. The second-order valence-electron chi connectivity index (χ2n) is 3.84. The van der Waals surface area contributed by atoms with Gasteiger partial charge in [0.25, 0.3) is 0 Å². The summed E-state index contributed by atoms with van der Waals surface area (Å²) >= 11 is 1.09. The van der Waals surface area contributed by atoms with E-state index in [0.29, 0.717) is 24.4 Å². The third kappa shape index (κ3) is 2.90. The van der Waals surface area contributed by atoms with Crippen molar-refractivity contribution in [1.82, 2.24) is 14.5 Å². The minimum absolute atomic E-state index is 0.257. The minimum Gasteiger partial charge on any atom is -0.481 e. The lowest BCUT2D eigenvalue weighted by molar-refractivity contribution is -0.143. The van der Waals surface area contributed by atoms with Gasteiger partial charge in [-0.2, -0.15) is 0 Å². The van der Waals surface area contributed by atoms with Crippen LogP contribution in [-0.2, 0) is 4.79 Å². The van der Waals surface area contributed by atoms with Gasteiger partial charge in [-0.15, -0.1) is 5.10 Å². The zero-order valence-corrected chi connectivity index (χ0v) is 9.81. The number of nitrogens with zero attached hydrogens (tertiary/aromatic N) is 3. The number of carbonyl (C=O) groups is 2. The van der Waals surface area contributed by atoms with Crippen molar-refractivity contribution in [2.24, 2.45) is 5.92 Å². The molecule has 0 aromatic carbocycles. The lowest BCUT2D eigenvalue weighted by Crippen LogP contribution is -2.44. The Kier molecular flexibility index (Phi) is 3.52. The Balaban J connectivity index is 1.93. The summed E-state index contributed by atoms with van der Waals surface area (Å²) in [5.41, 5.74) is 0. The third-order valence-corrected chi connectivity index (χ3v) is 3.23. The third-order valence-electron chi connectivity index (χ3n) is 2.65. The number of amides is 2. The highest BCUT2D eigenvalue weighted by molar-refractivity contribution is 7.10. The number of carboxylic acids is 1. The van der Waals surface area contributed by atoms with Crippen molar-refractivity contribution in [2.75, 3.05) is 18.4 Å². The molecule has 1 aromatic heterocycles. The Hall–Kier alpha value is -1.70. The molecule has 8 heteroatoms. The van der Waals surface area contributed by atoms with E-state index in [1.54, 1.807) is 0 Å². The number of anilines is 1. The molecule has 1 fully saturated rings. The van der Waals surface area contributed by atoms with Crippen molar-refractivity contribution in [1.29, 1.82) is 0 Å². The van der Waals surface area contributed by atoms with E-state index in [-0.39, 0.29) is 12.6 Å². The quantitative estimate of drug-likeness (QED) is 0.818. The predicted molar refractivity (Wildman–Crippen MR) is 60.9 cm³/mol. The number of aromatic nitrogens is 2. The van der Waals surface area contributed by atoms with E-state index in [1.807, 2.05) is 0 Å². The number of rotatable bonds is 2. The van der Waals surface area contributed by atoms with Crippen LogP contribution in [0, 0.1) is 5.92 Å². The zero-order chi connectivity index (χ0) is 12.3. The fourth-order valence-corrected chi connectivity index (χ4v) is 2.18. The largest absolute Gasteiger partial charge is 0.481 e. The van der Waals surface area contributed by atoms with Crippen molar-refractivity contribution in [3.05, 3.63) is 6.20 Å². The number of carboxylic acid groups (broad SMARTS) is 1. The highest BCUT2D eigenvalue weighted by Gasteiger charge is 2.28. The SMILES string of the molecule is O=C(O)C1CCCN(C(=O)Nc2cnns2)C1. The van der Waals surface area contributed by atoms with Crippen LogP contribution in [0.3, 0.4) is 0 Å². The molecule has 2 N–H and O–H groups in total. The van der Waals surface area contributed by atoms with Crippen molar-refractivity contribution < 1.29 is 14.7 Å². The van der Waals surface area contributed by atoms with Crippen LogP contribution in [0.15, 0.2) is 6.20 Å². The molecule has 1 aromatic rings. The number of hydrogen-bond donors (Lipinski definition) is 2. The molecule has 1 unspecified atom stereocenters. The van der Waals surface area contributed by atoms with Crippen LogP contribution in [-0.4, -0.2) is 44.7 Å². The summed E-state index contributed by atoms with van der Waals surface area (Å²) in [6.07, 6.45) is 2.80. The number of likely N-dealkylation sites (tertiary alicyclic amines) is 1. The molecule has 2 rings (SSSR count). The highest BCUT2D eigenvalue weighted by atomic mass is 32.1. The first kappa shape index (κ1) is 11.8. The summed E-state index contributed by atoms with van der Waals surface area (Å²) in [6, 6.07) is -0.290. The summed E-state index contributed by atoms with van der Waals surface area (Å²) in [7, 11) is 0. The summed E-state index contributed by atoms with van der Waals surface area (Å²) < 4.78 is 3.63. The first-order valence-electron chi connectivity index (χ1n) is 5.23. The molecule has 0 saturated carbocycles. The van der Waals surface area contributed by atoms with Gasteiger partial charge in [0.05, 0.1) is 12.1 Å². The first-order valence-corrected chi connectivity index (χ1v) is 6.00. The van der Waals surface area contributed by atoms with Crippen LogP contribution in [0.5, 0.6) is 0 Å². The van der Waals surface area contributed by atoms with E-state index in [2.05, 4.69) is 14.9 Å². The Labute approximate surface area is 102 Å². The molecule has 1 saturated heterocycles. The predicted octanol–water partition coefficient (Wildman–Crippen LogP) is 0.867. The second kappa shape index (κ2) is 5.09. The molecule has 2 heterocycles. The summed E-state index contributed by atoms with van der Waals surface area (Å²) in [5.74, 6) is -1.31. The monoisotopic (exact) mass is 256 g/mol. The molecular formula is C9H12N4O3S.